The molecule has 0 spiro atoms. The molecule has 0 aliphatic rings. The molecular formula is C17H22N2O. The number of nitrogens with one attached hydrogen (secondary N) is 1. The van der Waals surface area contributed by atoms with E-state index in [9.17, 15) is 0 Å². The zero-order valence-electron chi connectivity index (χ0n) is 12.4. The van der Waals surface area contributed by atoms with Gasteiger partial charge in [-0.2, -0.15) is 0 Å². The van der Waals surface area contributed by atoms with Crippen LogP contribution in [-0.2, 0) is 0 Å². The van der Waals surface area contributed by atoms with E-state index in [2.05, 4.69) is 48.4 Å². The average Bonchev–Trinajstić information content (AvgIpc) is 2.49. The Bertz CT molecular complexity index is 554. The molecule has 3 nitrogen and oxygen atoms in total. The minimum Gasteiger partial charge on any atom is -0.495 e. The first-order valence-electron chi connectivity index (χ1n) is 7.04. The van der Waals surface area contributed by atoms with Gasteiger partial charge in [-0.25, -0.2) is 0 Å². The van der Waals surface area contributed by atoms with Crippen LogP contribution in [0, 0.1) is 6.92 Å². The average molecular weight is 270 g/mol. The molecule has 0 aliphatic carbocycles. The van der Waals surface area contributed by atoms with E-state index in [0.29, 0.717) is 0 Å². The molecule has 1 aromatic carbocycles. The summed E-state index contributed by atoms with van der Waals surface area (Å²) in [6.07, 6.45) is 4.68. The van der Waals surface area contributed by atoms with Gasteiger partial charge in [0.1, 0.15) is 5.75 Å². The van der Waals surface area contributed by atoms with Crippen molar-refractivity contribution in [2.45, 2.75) is 26.3 Å². The molecule has 3 heteroatoms. The minimum atomic E-state index is 0.133. The number of hydrogen-bond donors (Lipinski definition) is 1. The Kier molecular flexibility index (Phi) is 5.13. The third kappa shape index (κ3) is 3.17. The van der Waals surface area contributed by atoms with Crippen LogP contribution in [0.5, 0.6) is 5.75 Å². The van der Waals surface area contributed by atoms with Crippen molar-refractivity contribution >= 4 is 0 Å². The Balaban J connectivity index is 2.44. The van der Waals surface area contributed by atoms with Gasteiger partial charge in [0.25, 0.3) is 0 Å². The van der Waals surface area contributed by atoms with Gasteiger partial charge < -0.3 is 10.1 Å². The van der Waals surface area contributed by atoms with Gasteiger partial charge in [0.2, 0.25) is 0 Å². The van der Waals surface area contributed by atoms with E-state index in [1.54, 1.807) is 13.3 Å². The van der Waals surface area contributed by atoms with E-state index < -0.39 is 0 Å². The maximum Gasteiger partial charge on any atom is 0.142 e. The second-order valence-electron chi connectivity index (χ2n) is 4.86. The van der Waals surface area contributed by atoms with Crippen molar-refractivity contribution in [3.05, 3.63) is 59.4 Å². The fourth-order valence-electron chi connectivity index (χ4n) is 2.39. The summed E-state index contributed by atoms with van der Waals surface area (Å²) in [4.78, 5) is 4.14. The highest BCUT2D eigenvalue weighted by Gasteiger charge is 2.18. The molecule has 1 aromatic heterocycles. The monoisotopic (exact) mass is 270 g/mol. The summed E-state index contributed by atoms with van der Waals surface area (Å²) in [5.74, 6) is 0.823. The quantitative estimate of drug-likeness (QED) is 0.872. The van der Waals surface area contributed by atoms with Gasteiger partial charge in [-0.1, -0.05) is 31.2 Å². The standard InChI is InChI=1S/C17H22N2O/c1-4-10-19-17(14-8-6-5-7-13(14)2)15-9-11-18-12-16(15)20-3/h5-9,11-12,17,19H,4,10H2,1-3H3. The fraction of sp³-hybridized carbons (Fsp3) is 0.353. The van der Waals surface area contributed by atoms with Crippen LogP contribution in [0.15, 0.2) is 42.7 Å². The normalized spacial score (nSPS) is 12.2. The van der Waals surface area contributed by atoms with Crippen LogP contribution in [-0.4, -0.2) is 18.6 Å². The predicted molar refractivity (Wildman–Crippen MR) is 82.1 cm³/mol. The lowest BCUT2D eigenvalue weighted by Gasteiger charge is -2.23. The molecule has 0 saturated carbocycles. The maximum absolute atomic E-state index is 5.47. The molecule has 0 saturated heterocycles. The van der Waals surface area contributed by atoms with Crippen molar-refractivity contribution < 1.29 is 4.74 Å². The summed E-state index contributed by atoms with van der Waals surface area (Å²) in [6.45, 7) is 5.28. The van der Waals surface area contributed by atoms with Crippen LogP contribution in [0.2, 0.25) is 0 Å². The lowest BCUT2D eigenvalue weighted by atomic mass is 9.95. The van der Waals surface area contributed by atoms with Gasteiger partial charge in [0.15, 0.2) is 0 Å². The molecule has 1 heterocycles. The summed E-state index contributed by atoms with van der Waals surface area (Å²) in [5, 5.41) is 3.61. The summed E-state index contributed by atoms with van der Waals surface area (Å²) in [5.41, 5.74) is 3.69. The number of benzene rings is 1. The predicted octanol–water partition coefficient (Wildman–Crippen LogP) is 3.49. The van der Waals surface area contributed by atoms with Crippen LogP contribution < -0.4 is 10.1 Å². The van der Waals surface area contributed by atoms with E-state index in [-0.39, 0.29) is 6.04 Å². The first-order chi connectivity index (χ1) is 9.77. The van der Waals surface area contributed by atoms with Crippen LogP contribution >= 0.6 is 0 Å². The largest absolute Gasteiger partial charge is 0.495 e. The molecule has 0 bridgehead atoms. The van der Waals surface area contributed by atoms with E-state index in [4.69, 9.17) is 4.74 Å². The SMILES string of the molecule is CCCNC(c1ccccc1C)c1ccncc1OC. The lowest BCUT2D eigenvalue weighted by Crippen LogP contribution is -2.24. The molecule has 0 radical (unpaired) electrons. The molecule has 20 heavy (non-hydrogen) atoms. The number of ether oxygens (including phenoxy) is 1. The molecule has 0 fully saturated rings. The molecule has 2 rings (SSSR count). The van der Waals surface area contributed by atoms with Crippen LogP contribution in [0.25, 0.3) is 0 Å². The summed E-state index contributed by atoms with van der Waals surface area (Å²) >= 11 is 0. The number of nitrogens with zero attached hydrogens (tertiary/aromatic N) is 1. The van der Waals surface area contributed by atoms with Gasteiger partial charge in [0, 0.05) is 11.8 Å². The first kappa shape index (κ1) is 14.5. The topological polar surface area (TPSA) is 34.2 Å². The Morgan fingerprint density at radius 3 is 2.70 bits per heavy atom. The second kappa shape index (κ2) is 7.06. The van der Waals surface area contributed by atoms with Gasteiger partial charge in [-0.15, -0.1) is 0 Å². The van der Waals surface area contributed by atoms with Crippen molar-refractivity contribution in [3.8, 4) is 5.75 Å². The minimum absolute atomic E-state index is 0.133. The molecule has 1 N–H and O–H groups in total. The zero-order chi connectivity index (χ0) is 14.4. The molecule has 0 amide bonds. The fourth-order valence-corrected chi connectivity index (χ4v) is 2.39. The summed E-state index contributed by atoms with van der Waals surface area (Å²) in [7, 11) is 1.69. The zero-order valence-corrected chi connectivity index (χ0v) is 12.4. The van der Waals surface area contributed by atoms with E-state index >= 15 is 0 Å². The van der Waals surface area contributed by atoms with Crippen molar-refractivity contribution in [1.29, 1.82) is 0 Å². The Hall–Kier alpha value is -1.87. The van der Waals surface area contributed by atoms with Gasteiger partial charge in [-0.05, 0) is 37.1 Å². The van der Waals surface area contributed by atoms with Crippen molar-refractivity contribution in [2.75, 3.05) is 13.7 Å². The number of methoxy groups -OCH3 is 1. The summed E-state index contributed by atoms with van der Waals surface area (Å²) in [6, 6.07) is 10.6. The van der Waals surface area contributed by atoms with E-state index in [0.717, 1.165) is 24.3 Å². The molecule has 1 unspecified atom stereocenters. The second-order valence-corrected chi connectivity index (χ2v) is 4.86. The maximum atomic E-state index is 5.47. The van der Waals surface area contributed by atoms with Crippen molar-refractivity contribution in [3.63, 3.8) is 0 Å². The third-order valence-electron chi connectivity index (χ3n) is 3.45. The smallest absolute Gasteiger partial charge is 0.142 e. The highest BCUT2D eigenvalue weighted by molar-refractivity contribution is 5.42. The van der Waals surface area contributed by atoms with Crippen LogP contribution in [0.3, 0.4) is 0 Å². The van der Waals surface area contributed by atoms with Gasteiger partial charge in [-0.3, -0.25) is 4.98 Å². The molecular weight excluding hydrogens is 248 g/mol. The van der Waals surface area contributed by atoms with Crippen LogP contribution in [0.4, 0.5) is 0 Å². The van der Waals surface area contributed by atoms with E-state index in [1.807, 2.05) is 12.3 Å². The van der Waals surface area contributed by atoms with Gasteiger partial charge in [0.05, 0.1) is 19.3 Å². The lowest BCUT2D eigenvalue weighted by molar-refractivity contribution is 0.401. The number of aromatic nitrogens is 1. The Labute approximate surface area is 121 Å². The van der Waals surface area contributed by atoms with E-state index in [1.165, 1.54) is 11.1 Å². The van der Waals surface area contributed by atoms with Gasteiger partial charge >= 0.3 is 0 Å². The highest BCUT2D eigenvalue weighted by Crippen LogP contribution is 2.30. The van der Waals surface area contributed by atoms with Crippen molar-refractivity contribution in [2.24, 2.45) is 0 Å². The highest BCUT2D eigenvalue weighted by atomic mass is 16.5. The molecule has 2 aromatic rings. The molecule has 1 atom stereocenters. The number of pyridine rings is 1. The van der Waals surface area contributed by atoms with Crippen molar-refractivity contribution in [1.82, 2.24) is 10.3 Å². The third-order valence-corrected chi connectivity index (χ3v) is 3.45. The summed E-state index contributed by atoms with van der Waals surface area (Å²) < 4.78 is 5.47. The first-order valence-corrected chi connectivity index (χ1v) is 7.04. The Morgan fingerprint density at radius 1 is 1.20 bits per heavy atom. The number of aryl methyl sites for hydroxylation is 1. The molecule has 0 aliphatic heterocycles. The van der Waals surface area contributed by atoms with Crippen LogP contribution in [0.1, 0.15) is 36.1 Å². The number of rotatable bonds is 6. The Morgan fingerprint density at radius 2 is 2.00 bits per heavy atom. The number of hydrogen-bond acceptors (Lipinski definition) is 3. The molecule has 106 valence electrons.